The number of thiophene rings is 1. The summed E-state index contributed by atoms with van der Waals surface area (Å²) >= 11 is 1.87. The molecule has 4 aromatic heterocycles. The Hall–Kier alpha value is -7.15. The monoisotopic (exact) mass is 721 g/mol. The van der Waals surface area contributed by atoms with Crippen LogP contribution < -0.4 is 0 Å². The molecule has 0 aliphatic carbocycles. The Balaban J connectivity index is 0.985. The summed E-state index contributed by atoms with van der Waals surface area (Å²) in [5.74, 6) is 1.80. The topological polar surface area (TPSA) is 65.0 Å². The van der Waals surface area contributed by atoms with Gasteiger partial charge in [-0.05, 0) is 88.6 Å². The third-order valence-electron chi connectivity index (χ3n) is 10.7. The van der Waals surface area contributed by atoms with Crippen LogP contribution in [0.15, 0.2) is 173 Å². The van der Waals surface area contributed by atoms with Gasteiger partial charge in [0.25, 0.3) is 0 Å². The predicted molar refractivity (Wildman–Crippen MR) is 227 cm³/mol. The lowest BCUT2D eigenvalue weighted by molar-refractivity contribution is 0.668. The molecule has 0 aliphatic heterocycles. The molecule has 256 valence electrons. The van der Waals surface area contributed by atoms with Gasteiger partial charge in [-0.2, -0.15) is 0 Å². The molecule has 0 atom stereocenters. The van der Waals surface area contributed by atoms with E-state index < -0.39 is 0 Å². The van der Waals surface area contributed by atoms with Crippen LogP contribution in [0, 0.1) is 0 Å². The Morgan fingerprint density at radius 2 is 0.836 bits per heavy atom. The number of furan rings is 2. The lowest BCUT2D eigenvalue weighted by Gasteiger charge is -2.09. The summed E-state index contributed by atoms with van der Waals surface area (Å²) in [6.45, 7) is 0. The molecule has 0 radical (unpaired) electrons. The molecule has 6 heteroatoms. The van der Waals surface area contributed by atoms with Crippen molar-refractivity contribution in [1.29, 1.82) is 0 Å². The van der Waals surface area contributed by atoms with Crippen molar-refractivity contribution in [3.63, 3.8) is 0 Å². The van der Waals surface area contributed by atoms with Crippen LogP contribution in [-0.4, -0.2) is 15.0 Å². The van der Waals surface area contributed by atoms with Crippen LogP contribution in [0.25, 0.3) is 120 Å². The van der Waals surface area contributed by atoms with E-state index in [9.17, 15) is 0 Å². The fourth-order valence-corrected chi connectivity index (χ4v) is 9.24. The van der Waals surface area contributed by atoms with Crippen LogP contribution in [-0.2, 0) is 0 Å². The maximum Gasteiger partial charge on any atom is 0.164 e. The minimum Gasteiger partial charge on any atom is -0.456 e. The summed E-state index contributed by atoms with van der Waals surface area (Å²) in [4.78, 5) is 15.1. The highest BCUT2D eigenvalue weighted by atomic mass is 32.1. The van der Waals surface area contributed by atoms with Crippen LogP contribution >= 0.6 is 11.3 Å². The number of hydrogen-bond acceptors (Lipinski definition) is 6. The normalized spacial score (nSPS) is 12.0. The van der Waals surface area contributed by atoms with Crippen molar-refractivity contribution in [3.05, 3.63) is 164 Å². The van der Waals surface area contributed by atoms with Gasteiger partial charge in [-0.3, -0.25) is 0 Å². The molecule has 12 rings (SSSR count). The summed E-state index contributed by atoms with van der Waals surface area (Å²) in [5, 5.41) is 9.29. The first-order valence-corrected chi connectivity index (χ1v) is 19.1. The second-order valence-electron chi connectivity index (χ2n) is 14.0. The number of benzene rings is 8. The average Bonchev–Trinajstić information content (AvgIpc) is 3.94. The zero-order chi connectivity index (χ0) is 36.0. The molecule has 55 heavy (non-hydrogen) atoms. The molecule has 0 bridgehead atoms. The van der Waals surface area contributed by atoms with Gasteiger partial charge in [-0.25, -0.2) is 15.0 Å². The van der Waals surface area contributed by atoms with Crippen molar-refractivity contribution < 1.29 is 8.83 Å². The Bertz CT molecular complexity index is 3510. The lowest BCUT2D eigenvalue weighted by atomic mass is 9.98. The minimum absolute atomic E-state index is 0.593. The maximum absolute atomic E-state index is 6.38. The predicted octanol–water partition coefficient (Wildman–Crippen LogP) is 13.9. The first-order valence-electron chi connectivity index (χ1n) is 18.2. The van der Waals surface area contributed by atoms with Gasteiger partial charge in [0.1, 0.15) is 22.3 Å². The molecule has 0 unspecified atom stereocenters. The number of aromatic nitrogens is 3. The van der Waals surface area contributed by atoms with Gasteiger partial charge in [0.2, 0.25) is 0 Å². The van der Waals surface area contributed by atoms with Crippen molar-refractivity contribution in [2.75, 3.05) is 0 Å². The number of hydrogen-bond donors (Lipinski definition) is 0. The van der Waals surface area contributed by atoms with Gasteiger partial charge >= 0.3 is 0 Å². The summed E-state index contributed by atoms with van der Waals surface area (Å²) < 4.78 is 15.1. The first kappa shape index (κ1) is 30.3. The molecule has 12 aromatic rings. The number of para-hydroxylation sites is 1. The maximum atomic E-state index is 6.38. The van der Waals surface area contributed by atoms with E-state index in [0.717, 1.165) is 71.7 Å². The molecule has 4 heterocycles. The molecular formula is C49H27N3O2S. The molecule has 0 saturated heterocycles. The fourth-order valence-electron chi connectivity index (χ4n) is 8.00. The minimum atomic E-state index is 0.593. The molecule has 0 N–H and O–H groups in total. The van der Waals surface area contributed by atoms with Crippen LogP contribution in [0.2, 0.25) is 0 Å². The van der Waals surface area contributed by atoms with Gasteiger partial charge in [0.15, 0.2) is 17.5 Å². The zero-order valence-electron chi connectivity index (χ0n) is 29.2. The largest absolute Gasteiger partial charge is 0.456 e. The molecule has 8 aromatic carbocycles. The first-order chi connectivity index (χ1) is 27.2. The van der Waals surface area contributed by atoms with Crippen molar-refractivity contribution in [3.8, 4) is 45.3 Å². The van der Waals surface area contributed by atoms with E-state index in [2.05, 4.69) is 91.0 Å². The van der Waals surface area contributed by atoms with E-state index in [1.54, 1.807) is 0 Å². The van der Waals surface area contributed by atoms with Crippen LogP contribution in [0.3, 0.4) is 0 Å². The van der Waals surface area contributed by atoms with Crippen molar-refractivity contribution in [2.45, 2.75) is 0 Å². The van der Waals surface area contributed by atoms with E-state index in [1.807, 2.05) is 84.1 Å². The fraction of sp³-hybridized carbons (Fsp3) is 0. The Morgan fingerprint density at radius 3 is 1.56 bits per heavy atom. The Labute approximate surface area is 317 Å². The number of rotatable bonds is 4. The van der Waals surface area contributed by atoms with E-state index in [-0.39, 0.29) is 0 Å². The second kappa shape index (κ2) is 11.7. The molecule has 0 aliphatic rings. The summed E-state index contributed by atoms with van der Waals surface area (Å²) in [6, 6.07) is 56.9. The smallest absolute Gasteiger partial charge is 0.164 e. The highest BCUT2D eigenvalue weighted by Crippen LogP contribution is 2.41. The van der Waals surface area contributed by atoms with Gasteiger partial charge in [0.05, 0.1) is 0 Å². The molecular weight excluding hydrogens is 695 g/mol. The van der Waals surface area contributed by atoms with Gasteiger partial charge < -0.3 is 8.83 Å². The molecule has 0 spiro atoms. The summed E-state index contributed by atoms with van der Waals surface area (Å²) in [5.41, 5.74) is 8.34. The van der Waals surface area contributed by atoms with Gasteiger partial charge in [0, 0.05) is 58.4 Å². The third kappa shape index (κ3) is 4.82. The van der Waals surface area contributed by atoms with Crippen LogP contribution in [0.4, 0.5) is 0 Å². The quantitative estimate of drug-likeness (QED) is 0.181. The molecule has 0 amide bonds. The molecule has 5 nitrogen and oxygen atoms in total. The molecule has 0 saturated carbocycles. The standard InChI is InChI=1S/C49H27N3O2S/c1-2-8-28(9-3-1)47-50-48(32-17-22-42-38(26-32)35-10-4-6-12-41(35)53-42)52-49(51-47)33-18-23-44-40(27-33)39-25-30(16-21-43(39)54-44)29-14-19-34-31(24-29)15-20-37-36-11-5-7-13-45(36)55-46(34)37/h1-27H. The third-order valence-corrected chi connectivity index (χ3v) is 11.9. The van der Waals surface area contributed by atoms with Crippen molar-refractivity contribution >= 4 is 86.2 Å². The van der Waals surface area contributed by atoms with Crippen LogP contribution in [0.1, 0.15) is 0 Å². The lowest BCUT2D eigenvalue weighted by Crippen LogP contribution is -2.00. The van der Waals surface area contributed by atoms with Crippen LogP contribution in [0.5, 0.6) is 0 Å². The van der Waals surface area contributed by atoms with Crippen molar-refractivity contribution in [2.24, 2.45) is 0 Å². The average molecular weight is 722 g/mol. The number of fused-ring (bicyclic) bond motifs is 11. The van der Waals surface area contributed by atoms with E-state index in [1.165, 1.54) is 30.9 Å². The second-order valence-corrected chi connectivity index (χ2v) is 15.0. The highest BCUT2D eigenvalue weighted by Gasteiger charge is 2.17. The number of nitrogens with zero attached hydrogens (tertiary/aromatic N) is 3. The van der Waals surface area contributed by atoms with E-state index in [0.29, 0.717) is 17.5 Å². The SMILES string of the molecule is c1ccc(-c2nc(-c3ccc4oc5ccccc5c4c3)nc(-c3ccc4oc5ccc(-c6ccc7c(ccc8c9ccccc9sc78)c6)cc5c4c3)n2)cc1. The Morgan fingerprint density at radius 1 is 0.327 bits per heavy atom. The van der Waals surface area contributed by atoms with Gasteiger partial charge in [-0.1, -0.05) is 97.1 Å². The highest BCUT2D eigenvalue weighted by molar-refractivity contribution is 7.26. The van der Waals surface area contributed by atoms with Crippen molar-refractivity contribution in [1.82, 2.24) is 15.0 Å². The Kier molecular flexibility index (Phi) is 6.44. The summed E-state index contributed by atoms with van der Waals surface area (Å²) in [7, 11) is 0. The zero-order valence-corrected chi connectivity index (χ0v) is 30.0. The molecule has 0 fully saturated rings. The van der Waals surface area contributed by atoms with Gasteiger partial charge in [-0.15, -0.1) is 11.3 Å². The van der Waals surface area contributed by atoms with E-state index in [4.69, 9.17) is 23.8 Å². The summed E-state index contributed by atoms with van der Waals surface area (Å²) in [6.07, 6.45) is 0. The van der Waals surface area contributed by atoms with E-state index >= 15 is 0 Å².